The van der Waals surface area contributed by atoms with Gasteiger partial charge in [-0.2, -0.15) is 5.26 Å². The molecule has 0 amide bonds. The molecule has 0 atom stereocenters. The molecule has 0 aliphatic carbocycles. The molecule has 1 aromatic carbocycles. The number of benzene rings is 1. The summed E-state index contributed by atoms with van der Waals surface area (Å²) in [5.41, 5.74) is 5.76. The lowest BCUT2D eigenvalue weighted by Crippen LogP contribution is -2.03. The van der Waals surface area contributed by atoms with E-state index in [9.17, 15) is 10.1 Å². The van der Waals surface area contributed by atoms with E-state index in [1.165, 1.54) is 19.2 Å². The molecule has 1 aromatic heterocycles. The van der Waals surface area contributed by atoms with E-state index in [4.69, 9.17) is 15.7 Å². The van der Waals surface area contributed by atoms with Crippen LogP contribution in [0.2, 0.25) is 0 Å². The predicted octanol–water partition coefficient (Wildman–Crippen LogP) is 1.51. The summed E-state index contributed by atoms with van der Waals surface area (Å²) in [5, 5.41) is 20.0. The maximum absolute atomic E-state index is 11.1. The van der Waals surface area contributed by atoms with E-state index in [1.54, 1.807) is 6.07 Å². The van der Waals surface area contributed by atoms with Crippen molar-refractivity contribution in [2.24, 2.45) is 0 Å². The number of hydrogen-bond donors (Lipinski definition) is 1. The quantitative estimate of drug-likeness (QED) is 0.661. The summed E-state index contributed by atoms with van der Waals surface area (Å²) in [5.74, 6) is 0.106. The topological polar surface area (TPSA) is 128 Å². The van der Waals surface area contributed by atoms with Gasteiger partial charge in [0.25, 0.3) is 0 Å². The normalized spacial score (nSPS) is 9.80. The van der Waals surface area contributed by atoms with Gasteiger partial charge < -0.3 is 10.5 Å². The van der Waals surface area contributed by atoms with Gasteiger partial charge in [-0.1, -0.05) is 0 Å². The van der Waals surface area contributed by atoms with Gasteiger partial charge in [0, 0.05) is 0 Å². The Morgan fingerprint density at radius 2 is 2.20 bits per heavy atom. The van der Waals surface area contributed by atoms with Crippen LogP contribution in [0.5, 0.6) is 5.75 Å². The average molecular weight is 271 g/mol. The lowest BCUT2D eigenvalue weighted by Gasteiger charge is -2.09. The number of methoxy groups -OCH3 is 1. The van der Waals surface area contributed by atoms with Crippen LogP contribution in [0, 0.1) is 21.4 Å². The van der Waals surface area contributed by atoms with Crippen LogP contribution in [0.25, 0.3) is 11.3 Å². The van der Waals surface area contributed by atoms with Crippen LogP contribution >= 0.6 is 0 Å². The van der Waals surface area contributed by atoms with Crippen molar-refractivity contribution < 1.29 is 9.66 Å². The smallest absolute Gasteiger partial charge is 0.337 e. The molecule has 2 rings (SSSR count). The fourth-order valence-electron chi connectivity index (χ4n) is 1.73. The molecular formula is C12H9N5O3. The molecule has 0 saturated carbocycles. The van der Waals surface area contributed by atoms with Gasteiger partial charge in [0.15, 0.2) is 5.69 Å². The number of ether oxygens (including phenoxy) is 1. The minimum absolute atomic E-state index is 0.0106. The van der Waals surface area contributed by atoms with Crippen molar-refractivity contribution in [1.82, 2.24) is 9.97 Å². The van der Waals surface area contributed by atoms with Crippen molar-refractivity contribution >= 4 is 11.5 Å². The molecular weight excluding hydrogens is 262 g/mol. The van der Waals surface area contributed by atoms with Gasteiger partial charge in [0.05, 0.1) is 29.2 Å². The van der Waals surface area contributed by atoms with E-state index in [0.29, 0.717) is 16.9 Å². The lowest BCUT2D eigenvalue weighted by molar-refractivity contribution is -0.383. The zero-order valence-corrected chi connectivity index (χ0v) is 10.4. The molecule has 0 fully saturated rings. The maximum Gasteiger partial charge on any atom is 0.337 e. The van der Waals surface area contributed by atoms with E-state index in [0.717, 1.165) is 6.33 Å². The number of rotatable bonds is 3. The molecule has 20 heavy (non-hydrogen) atoms. The van der Waals surface area contributed by atoms with Crippen molar-refractivity contribution in [3.8, 4) is 23.1 Å². The van der Waals surface area contributed by atoms with Crippen LogP contribution in [0.3, 0.4) is 0 Å². The second-order valence-electron chi connectivity index (χ2n) is 3.74. The first-order valence-electron chi connectivity index (χ1n) is 5.42. The summed E-state index contributed by atoms with van der Waals surface area (Å²) in [4.78, 5) is 17.9. The number of anilines is 1. The third kappa shape index (κ3) is 2.20. The Morgan fingerprint density at radius 3 is 2.80 bits per heavy atom. The molecule has 0 spiro atoms. The first-order chi connectivity index (χ1) is 9.58. The maximum atomic E-state index is 11.1. The highest BCUT2D eigenvalue weighted by Crippen LogP contribution is 2.37. The van der Waals surface area contributed by atoms with Gasteiger partial charge in [-0.25, -0.2) is 9.97 Å². The average Bonchev–Trinajstić information content (AvgIpc) is 2.45. The van der Waals surface area contributed by atoms with Gasteiger partial charge in [-0.05, 0) is 18.2 Å². The van der Waals surface area contributed by atoms with E-state index >= 15 is 0 Å². The van der Waals surface area contributed by atoms with Gasteiger partial charge in [0.2, 0.25) is 5.82 Å². The van der Waals surface area contributed by atoms with E-state index < -0.39 is 10.6 Å². The number of nitrogens with zero attached hydrogens (tertiary/aromatic N) is 4. The molecule has 8 nitrogen and oxygen atoms in total. The molecule has 0 saturated heterocycles. The first kappa shape index (κ1) is 13.2. The summed E-state index contributed by atoms with van der Waals surface area (Å²) in [6.45, 7) is 0. The number of nitriles is 1. The lowest BCUT2D eigenvalue weighted by atomic mass is 10.1. The minimum Gasteiger partial charge on any atom is -0.496 e. The number of nitrogens with two attached hydrogens (primary N) is 1. The van der Waals surface area contributed by atoms with Gasteiger partial charge in [0.1, 0.15) is 12.1 Å². The van der Waals surface area contributed by atoms with Crippen molar-refractivity contribution in [2.45, 2.75) is 0 Å². The molecule has 0 aliphatic rings. The zero-order chi connectivity index (χ0) is 14.7. The Labute approximate surface area is 113 Å². The summed E-state index contributed by atoms with van der Waals surface area (Å²) >= 11 is 0. The molecule has 0 radical (unpaired) electrons. The summed E-state index contributed by atoms with van der Waals surface area (Å²) < 4.78 is 5.14. The van der Waals surface area contributed by atoms with Gasteiger partial charge in [-0.3, -0.25) is 10.1 Å². The van der Waals surface area contributed by atoms with E-state index in [2.05, 4.69) is 9.97 Å². The van der Waals surface area contributed by atoms with Crippen LogP contribution in [-0.4, -0.2) is 22.0 Å². The predicted molar refractivity (Wildman–Crippen MR) is 69.8 cm³/mol. The summed E-state index contributed by atoms with van der Waals surface area (Å²) in [6.07, 6.45) is 1.12. The number of nitro groups is 1. The molecule has 8 heteroatoms. The van der Waals surface area contributed by atoms with Crippen LogP contribution in [-0.2, 0) is 0 Å². The third-order valence-corrected chi connectivity index (χ3v) is 2.62. The highest BCUT2D eigenvalue weighted by atomic mass is 16.6. The summed E-state index contributed by atoms with van der Waals surface area (Å²) in [7, 11) is 1.42. The number of hydrogen-bond acceptors (Lipinski definition) is 7. The molecule has 0 bridgehead atoms. The van der Waals surface area contributed by atoms with Crippen LogP contribution < -0.4 is 10.5 Å². The van der Waals surface area contributed by atoms with Crippen LogP contribution in [0.4, 0.5) is 11.5 Å². The van der Waals surface area contributed by atoms with Crippen molar-refractivity contribution in [3.63, 3.8) is 0 Å². The Balaban J connectivity index is 2.77. The highest BCUT2D eigenvalue weighted by molar-refractivity contribution is 5.80. The molecule has 100 valence electrons. The zero-order valence-electron chi connectivity index (χ0n) is 10.4. The Hall–Kier alpha value is -3.21. The molecule has 1 heterocycles. The number of aromatic nitrogens is 2. The standard InChI is InChI=1S/C12H9N5O3/c1-20-9-3-2-7(5-13)4-8(9)10-11(17(18)19)12(14)16-6-15-10/h2-4,6H,1H3,(H2,14,15,16). The molecule has 2 N–H and O–H groups in total. The minimum atomic E-state index is -0.664. The monoisotopic (exact) mass is 271 g/mol. The van der Waals surface area contributed by atoms with Crippen molar-refractivity contribution in [2.75, 3.05) is 12.8 Å². The molecule has 2 aromatic rings. The van der Waals surface area contributed by atoms with E-state index in [-0.39, 0.29) is 11.5 Å². The van der Waals surface area contributed by atoms with Gasteiger partial charge >= 0.3 is 5.69 Å². The van der Waals surface area contributed by atoms with Gasteiger partial charge in [-0.15, -0.1) is 0 Å². The van der Waals surface area contributed by atoms with Crippen molar-refractivity contribution in [1.29, 1.82) is 5.26 Å². The Kier molecular flexibility index (Phi) is 3.43. The second kappa shape index (κ2) is 5.19. The first-order valence-corrected chi connectivity index (χ1v) is 5.42. The van der Waals surface area contributed by atoms with E-state index in [1.807, 2.05) is 6.07 Å². The second-order valence-corrected chi connectivity index (χ2v) is 3.74. The third-order valence-electron chi connectivity index (χ3n) is 2.62. The molecule has 0 unspecified atom stereocenters. The highest BCUT2D eigenvalue weighted by Gasteiger charge is 2.24. The largest absolute Gasteiger partial charge is 0.496 e. The fraction of sp³-hybridized carbons (Fsp3) is 0.0833. The summed E-state index contributed by atoms with van der Waals surface area (Å²) in [6, 6.07) is 6.48. The van der Waals surface area contributed by atoms with Crippen LogP contribution in [0.1, 0.15) is 5.56 Å². The SMILES string of the molecule is COc1ccc(C#N)cc1-c1ncnc(N)c1[N+](=O)[O-]. The Bertz CT molecular complexity index is 724. The Morgan fingerprint density at radius 1 is 1.45 bits per heavy atom. The fourth-order valence-corrected chi connectivity index (χ4v) is 1.73. The number of nitrogen functional groups attached to an aromatic ring is 1. The molecule has 0 aliphatic heterocycles. The van der Waals surface area contributed by atoms with Crippen LogP contribution in [0.15, 0.2) is 24.5 Å². The van der Waals surface area contributed by atoms with Crippen molar-refractivity contribution in [3.05, 3.63) is 40.2 Å².